The summed E-state index contributed by atoms with van der Waals surface area (Å²) in [6, 6.07) is 4.14. The molecule has 1 aromatic carbocycles. The molecule has 0 heterocycles. The van der Waals surface area contributed by atoms with Gasteiger partial charge in [0.1, 0.15) is 0 Å². The van der Waals surface area contributed by atoms with Crippen LogP contribution in [0.1, 0.15) is 87.8 Å². The van der Waals surface area contributed by atoms with Gasteiger partial charge in [-0.3, -0.25) is 0 Å². The third-order valence-electron chi connectivity index (χ3n) is 4.34. The quantitative estimate of drug-likeness (QED) is 0.452. The third-order valence-corrected chi connectivity index (χ3v) is 4.34. The molecule has 0 atom stereocenters. The Balaban J connectivity index is 0.00000441. The van der Waals surface area contributed by atoms with Crippen molar-refractivity contribution in [1.82, 2.24) is 0 Å². The van der Waals surface area contributed by atoms with E-state index in [0.29, 0.717) is 0 Å². The van der Waals surface area contributed by atoms with E-state index in [1.165, 1.54) is 69.8 Å². The minimum Gasteiger partial charge on any atom is -0.872 e. The molecule has 1 nitrogen and oxygen atoms in total. The smallest absolute Gasteiger partial charge is 0.872 e. The van der Waals surface area contributed by atoms with Gasteiger partial charge in [-0.25, -0.2) is 0 Å². The summed E-state index contributed by atoms with van der Waals surface area (Å²) in [5.41, 5.74) is 3.14. The molecule has 0 bridgehead atoms. The molecule has 0 saturated heterocycles. The molecule has 0 amide bonds. The van der Waals surface area contributed by atoms with Gasteiger partial charge in [0.05, 0.1) is 0 Å². The summed E-state index contributed by atoms with van der Waals surface area (Å²) < 4.78 is 0. The van der Waals surface area contributed by atoms with E-state index in [2.05, 4.69) is 19.1 Å². The van der Waals surface area contributed by atoms with E-state index in [9.17, 15) is 5.11 Å². The van der Waals surface area contributed by atoms with E-state index in [0.717, 1.165) is 17.5 Å². The first-order valence-corrected chi connectivity index (χ1v) is 8.92. The van der Waals surface area contributed by atoms with Crippen LogP contribution < -0.4 is 56.5 Å². The first-order chi connectivity index (χ1) is 10.1. The second-order valence-electron chi connectivity index (χ2n) is 6.49. The van der Waals surface area contributed by atoms with Crippen LogP contribution in [0.5, 0.6) is 5.75 Å². The van der Waals surface area contributed by atoms with Gasteiger partial charge in [-0.1, -0.05) is 88.0 Å². The molecule has 22 heavy (non-hydrogen) atoms. The van der Waals surface area contributed by atoms with Crippen LogP contribution in [0.3, 0.4) is 0 Å². The predicted molar refractivity (Wildman–Crippen MR) is 90.9 cm³/mol. The fraction of sp³-hybridized carbons (Fsp3) is 0.700. The summed E-state index contributed by atoms with van der Waals surface area (Å²) in [5.74, 6) is 0.210. The largest absolute Gasteiger partial charge is 1.00 e. The maximum atomic E-state index is 11.7. The summed E-state index contributed by atoms with van der Waals surface area (Å²) in [5, 5.41) is 11.7. The standard InChI is InChI=1S/C20H34O.K/c1-4-5-6-7-8-9-10-11-12-13-14-19-15-17(2)20(21)18(3)16-19;/h15-16,21H,4-14H2,1-3H3;/q;+1/p-1. The van der Waals surface area contributed by atoms with E-state index in [-0.39, 0.29) is 57.1 Å². The normalized spacial score (nSPS) is 10.5. The number of hydrogen-bond acceptors (Lipinski definition) is 1. The minimum absolute atomic E-state index is 0. The summed E-state index contributed by atoms with van der Waals surface area (Å²) >= 11 is 0. The van der Waals surface area contributed by atoms with Gasteiger partial charge in [0, 0.05) is 0 Å². The minimum atomic E-state index is 0. The molecule has 0 aliphatic carbocycles. The van der Waals surface area contributed by atoms with Gasteiger partial charge in [0.15, 0.2) is 0 Å². The Morgan fingerprint density at radius 1 is 0.727 bits per heavy atom. The Bertz CT molecular complexity index is 378. The van der Waals surface area contributed by atoms with E-state index < -0.39 is 0 Å². The molecular weight excluding hydrogens is 295 g/mol. The molecule has 0 fully saturated rings. The molecular formula is C20H33KO. The van der Waals surface area contributed by atoms with Gasteiger partial charge in [-0.15, -0.1) is 5.75 Å². The molecule has 120 valence electrons. The van der Waals surface area contributed by atoms with Crippen LogP contribution in [0.25, 0.3) is 0 Å². The van der Waals surface area contributed by atoms with Crippen molar-refractivity contribution < 1.29 is 56.5 Å². The molecule has 1 rings (SSSR count). The number of aryl methyl sites for hydroxylation is 3. The maximum absolute atomic E-state index is 11.7. The number of unbranched alkanes of at least 4 members (excludes halogenated alkanes) is 9. The van der Waals surface area contributed by atoms with Crippen LogP contribution in [-0.4, -0.2) is 0 Å². The van der Waals surface area contributed by atoms with Crippen molar-refractivity contribution >= 4 is 0 Å². The van der Waals surface area contributed by atoms with Crippen LogP contribution in [0.15, 0.2) is 12.1 Å². The monoisotopic (exact) mass is 328 g/mol. The van der Waals surface area contributed by atoms with Gasteiger partial charge >= 0.3 is 51.4 Å². The van der Waals surface area contributed by atoms with Gasteiger partial charge in [-0.05, 0) is 32.3 Å². The van der Waals surface area contributed by atoms with Crippen molar-refractivity contribution in [1.29, 1.82) is 0 Å². The van der Waals surface area contributed by atoms with E-state index in [4.69, 9.17) is 0 Å². The Morgan fingerprint density at radius 3 is 1.59 bits per heavy atom. The molecule has 1 aromatic rings. The fourth-order valence-corrected chi connectivity index (χ4v) is 3.00. The van der Waals surface area contributed by atoms with E-state index in [1.807, 2.05) is 13.8 Å². The van der Waals surface area contributed by atoms with E-state index >= 15 is 0 Å². The predicted octanol–water partition coefficient (Wildman–Crippen LogP) is 2.84. The number of benzene rings is 1. The molecule has 0 radical (unpaired) electrons. The van der Waals surface area contributed by atoms with Crippen LogP contribution in [-0.2, 0) is 6.42 Å². The van der Waals surface area contributed by atoms with Crippen molar-refractivity contribution in [3.63, 3.8) is 0 Å². The number of hydrogen-bond donors (Lipinski definition) is 0. The Kier molecular flexibility index (Phi) is 14.5. The van der Waals surface area contributed by atoms with Crippen molar-refractivity contribution in [3.8, 4) is 5.75 Å². The van der Waals surface area contributed by atoms with Crippen LogP contribution in [0, 0.1) is 13.8 Å². The first kappa shape index (κ1) is 22.7. The van der Waals surface area contributed by atoms with Crippen LogP contribution in [0.4, 0.5) is 0 Å². The molecule has 0 unspecified atom stereocenters. The molecule has 0 aliphatic rings. The molecule has 0 spiro atoms. The summed E-state index contributed by atoms with van der Waals surface area (Å²) in [4.78, 5) is 0. The molecule has 2 heteroatoms. The van der Waals surface area contributed by atoms with Gasteiger partial charge in [-0.2, -0.15) is 0 Å². The average Bonchev–Trinajstić information content (AvgIpc) is 2.46. The SMILES string of the molecule is CCCCCCCCCCCCc1cc(C)c([O-])c(C)c1.[K+]. The second kappa shape index (κ2) is 14.0. The van der Waals surface area contributed by atoms with Crippen molar-refractivity contribution in [2.24, 2.45) is 0 Å². The Labute approximate surface area is 180 Å². The summed E-state index contributed by atoms with van der Waals surface area (Å²) in [7, 11) is 0. The molecule has 0 aliphatic heterocycles. The topological polar surface area (TPSA) is 23.1 Å². The van der Waals surface area contributed by atoms with Crippen molar-refractivity contribution in [2.75, 3.05) is 0 Å². The third kappa shape index (κ3) is 9.72. The summed E-state index contributed by atoms with van der Waals surface area (Å²) in [6.45, 7) is 6.13. The van der Waals surface area contributed by atoms with Crippen LogP contribution in [0.2, 0.25) is 0 Å². The fourth-order valence-electron chi connectivity index (χ4n) is 3.00. The first-order valence-electron chi connectivity index (χ1n) is 8.92. The van der Waals surface area contributed by atoms with Crippen LogP contribution >= 0.6 is 0 Å². The van der Waals surface area contributed by atoms with Gasteiger partial charge in [0.2, 0.25) is 0 Å². The van der Waals surface area contributed by atoms with Gasteiger partial charge in [0.25, 0.3) is 0 Å². The Morgan fingerprint density at radius 2 is 1.14 bits per heavy atom. The number of rotatable bonds is 11. The summed E-state index contributed by atoms with van der Waals surface area (Å²) in [6.07, 6.45) is 14.9. The average molecular weight is 329 g/mol. The molecule has 0 aromatic heterocycles. The molecule has 0 N–H and O–H groups in total. The maximum Gasteiger partial charge on any atom is 1.00 e. The van der Waals surface area contributed by atoms with Crippen molar-refractivity contribution in [2.45, 2.75) is 91.4 Å². The molecule has 0 saturated carbocycles. The van der Waals surface area contributed by atoms with Crippen molar-refractivity contribution in [3.05, 3.63) is 28.8 Å². The Hall–Kier alpha value is 0.656. The second-order valence-corrected chi connectivity index (χ2v) is 6.49. The zero-order valence-corrected chi connectivity index (χ0v) is 18.5. The zero-order valence-electron chi connectivity index (χ0n) is 15.3. The zero-order chi connectivity index (χ0) is 15.5. The van der Waals surface area contributed by atoms with Gasteiger partial charge < -0.3 is 5.11 Å². The van der Waals surface area contributed by atoms with E-state index in [1.54, 1.807) is 0 Å².